The highest BCUT2D eigenvalue weighted by molar-refractivity contribution is 7.99. The van der Waals surface area contributed by atoms with E-state index in [9.17, 15) is 13.6 Å². The van der Waals surface area contributed by atoms with Gasteiger partial charge >= 0.3 is 6.61 Å². The number of aryl methyl sites for hydroxylation is 2. The van der Waals surface area contributed by atoms with Crippen molar-refractivity contribution in [3.8, 4) is 11.4 Å². The number of halogens is 2. The Kier molecular flexibility index (Phi) is 7.44. The van der Waals surface area contributed by atoms with Crippen LogP contribution in [0, 0.1) is 13.8 Å². The number of aromatic nitrogens is 4. The number of benzene rings is 1. The van der Waals surface area contributed by atoms with E-state index in [1.165, 1.54) is 30.3 Å². The van der Waals surface area contributed by atoms with Crippen molar-refractivity contribution in [3.63, 3.8) is 0 Å². The van der Waals surface area contributed by atoms with Gasteiger partial charge in [-0.05, 0) is 70.1 Å². The molecule has 4 rings (SSSR count). The first-order chi connectivity index (χ1) is 15.9. The van der Waals surface area contributed by atoms with E-state index in [-0.39, 0.29) is 17.3 Å². The number of nitrogens with zero attached hydrogens (tertiary/aromatic N) is 4. The fourth-order valence-electron chi connectivity index (χ4n) is 4.07. The van der Waals surface area contributed by atoms with E-state index in [0.29, 0.717) is 17.3 Å². The van der Waals surface area contributed by atoms with Gasteiger partial charge in [0, 0.05) is 22.6 Å². The molecule has 1 aromatic carbocycles. The Morgan fingerprint density at radius 3 is 2.52 bits per heavy atom. The van der Waals surface area contributed by atoms with Crippen molar-refractivity contribution in [2.45, 2.75) is 51.4 Å². The number of thioether (sulfide) groups is 1. The molecule has 7 nitrogen and oxygen atoms in total. The molecule has 0 radical (unpaired) electrons. The maximum absolute atomic E-state index is 12.8. The number of Topliss-reactive ketones (excluding diaryl/α,β-unsaturated/α-hetero) is 1. The van der Waals surface area contributed by atoms with Gasteiger partial charge < -0.3 is 9.72 Å². The highest BCUT2D eigenvalue weighted by atomic mass is 32.2. The summed E-state index contributed by atoms with van der Waals surface area (Å²) in [4.78, 5) is 18.3. The lowest BCUT2D eigenvalue weighted by molar-refractivity contribution is -0.0498. The zero-order valence-electron chi connectivity index (χ0n) is 18.7. The van der Waals surface area contributed by atoms with E-state index >= 15 is 0 Å². The number of ketones is 1. The first-order valence-corrected chi connectivity index (χ1v) is 11.9. The zero-order chi connectivity index (χ0) is 23.4. The molecule has 1 N–H and O–H groups in total. The summed E-state index contributed by atoms with van der Waals surface area (Å²) in [6, 6.07) is 8.25. The van der Waals surface area contributed by atoms with Crippen molar-refractivity contribution in [1.82, 2.24) is 24.6 Å². The first kappa shape index (κ1) is 23.4. The normalized spacial score (nSPS) is 14.7. The quantitative estimate of drug-likeness (QED) is 0.355. The van der Waals surface area contributed by atoms with E-state index in [4.69, 9.17) is 0 Å². The molecule has 0 aliphatic carbocycles. The van der Waals surface area contributed by atoms with Crippen LogP contribution in [-0.4, -0.2) is 55.9 Å². The maximum atomic E-state index is 12.8. The van der Waals surface area contributed by atoms with Gasteiger partial charge in [0.2, 0.25) is 0 Å². The monoisotopic (exact) mass is 475 g/mol. The van der Waals surface area contributed by atoms with Crippen LogP contribution >= 0.6 is 11.8 Å². The summed E-state index contributed by atoms with van der Waals surface area (Å²) in [6.07, 6.45) is 3.54. The van der Waals surface area contributed by atoms with Crippen molar-refractivity contribution < 1.29 is 18.3 Å². The minimum Gasteiger partial charge on any atom is -0.435 e. The standard InChI is InChI=1S/C23H27F2N5O2S/c1-15-12-19(16(2)26-15)20(31)14-33-23-28-27-21(13-29-10-4-3-5-11-29)30(23)17-6-8-18(9-7-17)32-22(24)25/h6-9,12,22,26H,3-5,10-11,13-14H2,1-2H3. The number of H-pyrrole nitrogens is 1. The second-order valence-corrected chi connectivity index (χ2v) is 9.09. The molecule has 0 saturated carbocycles. The van der Waals surface area contributed by atoms with Gasteiger partial charge in [-0.15, -0.1) is 10.2 Å². The van der Waals surface area contributed by atoms with Gasteiger partial charge in [-0.3, -0.25) is 14.3 Å². The molecule has 0 unspecified atom stereocenters. The maximum Gasteiger partial charge on any atom is 0.387 e. The number of nitrogens with one attached hydrogen (secondary N) is 1. The number of carbonyl (C=O) groups excluding carboxylic acids is 1. The number of aromatic amines is 1. The lowest BCUT2D eigenvalue weighted by Gasteiger charge is -2.26. The van der Waals surface area contributed by atoms with Gasteiger partial charge in [0.15, 0.2) is 16.8 Å². The predicted molar refractivity (Wildman–Crippen MR) is 122 cm³/mol. The average Bonchev–Trinajstić information content (AvgIpc) is 3.35. The van der Waals surface area contributed by atoms with Crippen LogP contribution in [-0.2, 0) is 6.54 Å². The summed E-state index contributed by atoms with van der Waals surface area (Å²) in [5.74, 6) is 1.06. The molecule has 0 amide bonds. The van der Waals surface area contributed by atoms with Crippen LogP contribution in [0.15, 0.2) is 35.5 Å². The molecule has 1 saturated heterocycles. The summed E-state index contributed by atoms with van der Waals surface area (Å²) < 4.78 is 31.4. The minimum absolute atomic E-state index is 0.00895. The van der Waals surface area contributed by atoms with E-state index in [1.54, 1.807) is 12.1 Å². The van der Waals surface area contributed by atoms with Crippen molar-refractivity contribution in [3.05, 3.63) is 53.1 Å². The summed E-state index contributed by atoms with van der Waals surface area (Å²) in [7, 11) is 0. The predicted octanol–water partition coefficient (Wildman–Crippen LogP) is 4.77. The second-order valence-electron chi connectivity index (χ2n) is 8.15. The van der Waals surface area contributed by atoms with Gasteiger partial charge in [-0.1, -0.05) is 18.2 Å². The number of ether oxygens (including phenoxy) is 1. The number of carbonyl (C=O) groups is 1. The van der Waals surface area contributed by atoms with Crippen LogP contribution < -0.4 is 4.74 Å². The Labute approximate surface area is 195 Å². The number of piperidine rings is 1. The number of rotatable bonds is 9. The smallest absolute Gasteiger partial charge is 0.387 e. The number of likely N-dealkylation sites (tertiary alicyclic amines) is 1. The van der Waals surface area contributed by atoms with Gasteiger partial charge in [0.1, 0.15) is 5.75 Å². The van der Waals surface area contributed by atoms with Gasteiger partial charge in [-0.25, -0.2) is 0 Å². The molecule has 33 heavy (non-hydrogen) atoms. The highest BCUT2D eigenvalue weighted by Crippen LogP contribution is 2.26. The molecule has 3 heterocycles. The van der Waals surface area contributed by atoms with Crippen LogP contribution in [0.25, 0.3) is 5.69 Å². The third kappa shape index (κ3) is 5.80. The fraction of sp³-hybridized carbons (Fsp3) is 0.435. The molecule has 0 spiro atoms. The summed E-state index contributed by atoms with van der Waals surface area (Å²) in [6.45, 7) is 3.56. The molecule has 10 heteroatoms. The first-order valence-electron chi connectivity index (χ1n) is 10.9. The highest BCUT2D eigenvalue weighted by Gasteiger charge is 2.21. The number of alkyl halides is 2. The average molecular weight is 476 g/mol. The molecule has 1 fully saturated rings. The molecule has 3 aromatic rings. The molecule has 1 aliphatic heterocycles. The van der Waals surface area contributed by atoms with Gasteiger partial charge in [0.05, 0.1) is 12.3 Å². The van der Waals surface area contributed by atoms with Crippen molar-refractivity contribution in [2.24, 2.45) is 0 Å². The van der Waals surface area contributed by atoms with Crippen molar-refractivity contribution in [2.75, 3.05) is 18.8 Å². The molecule has 176 valence electrons. The van der Waals surface area contributed by atoms with E-state index in [1.807, 2.05) is 24.5 Å². The second kappa shape index (κ2) is 10.5. The van der Waals surface area contributed by atoms with E-state index in [2.05, 4.69) is 24.8 Å². The molecule has 0 atom stereocenters. The lowest BCUT2D eigenvalue weighted by Crippen LogP contribution is -2.30. The topological polar surface area (TPSA) is 76.0 Å². The fourth-order valence-corrected chi connectivity index (χ4v) is 4.93. The molecule has 0 bridgehead atoms. The molecular formula is C23H27F2N5O2S. The Bertz CT molecular complexity index is 1090. The minimum atomic E-state index is -2.88. The molecule has 1 aliphatic rings. The Hall–Kier alpha value is -2.72. The van der Waals surface area contributed by atoms with Crippen molar-refractivity contribution in [1.29, 1.82) is 0 Å². The van der Waals surface area contributed by atoms with E-state index < -0.39 is 6.61 Å². The summed E-state index contributed by atoms with van der Waals surface area (Å²) in [5, 5.41) is 9.36. The SMILES string of the molecule is Cc1cc(C(=O)CSc2nnc(CN3CCCCC3)n2-c2ccc(OC(F)F)cc2)c(C)[nH]1. The third-order valence-electron chi connectivity index (χ3n) is 5.62. The lowest BCUT2D eigenvalue weighted by atomic mass is 10.1. The van der Waals surface area contributed by atoms with Crippen LogP contribution in [0.2, 0.25) is 0 Å². The number of hydrogen-bond acceptors (Lipinski definition) is 6. The van der Waals surface area contributed by atoms with Crippen LogP contribution in [0.4, 0.5) is 8.78 Å². The molecule has 2 aromatic heterocycles. The van der Waals surface area contributed by atoms with Gasteiger partial charge in [-0.2, -0.15) is 8.78 Å². The summed E-state index contributed by atoms with van der Waals surface area (Å²) >= 11 is 1.32. The van der Waals surface area contributed by atoms with Crippen LogP contribution in [0.1, 0.15) is 46.8 Å². The Morgan fingerprint density at radius 1 is 1.15 bits per heavy atom. The zero-order valence-corrected chi connectivity index (χ0v) is 19.5. The van der Waals surface area contributed by atoms with Gasteiger partial charge in [0.25, 0.3) is 0 Å². The van der Waals surface area contributed by atoms with Crippen LogP contribution in [0.3, 0.4) is 0 Å². The Balaban J connectivity index is 1.57. The molecular weight excluding hydrogens is 448 g/mol. The number of hydrogen-bond donors (Lipinski definition) is 1. The van der Waals surface area contributed by atoms with Crippen molar-refractivity contribution >= 4 is 17.5 Å². The van der Waals surface area contributed by atoms with Crippen LogP contribution in [0.5, 0.6) is 5.75 Å². The Morgan fingerprint density at radius 2 is 1.88 bits per heavy atom. The largest absolute Gasteiger partial charge is 0.435 e. The van der Waals surface area contributed by atoms with E-state index in [0.717, 1.165) is 48.8 Å². The third-order valence-corrected chi connectivity index (χ3v) is 6.55. The summed E-state index contributed by atoms with van der Waals surface area (Å²) in [5.41, 5.74) is 3.20.